The number of aldehydes is 1. The molecule has 148 valence electrons. The molecule has 1 aliphatic heterocycles. The van der Waals surface area contributed by atoms with E-state index in [1.165, 1.54) is 12.4 Å². The topological polar surface area (TPSA) is 76.6 Å². The van der Waals surface area contributed by atoms with Crippen LogP contribution in [0.1, 0.15) is 0 Å². The van der Waals surface area contributed by atoms with E-state index < -0.39 is 0 Å². The molecule has 29 heavy (non-hydrogen) atoms. The Kier molecular flexibility index (Phi) is 5.48. The molecule has 4 rings (SSSR count). The van der Waals surface area contributed by atoms with Crippen molar-refractivity contribution in [3.63, 3.8) is 0 Å². The van der Waals surface area contributed by atoms with Crippen LogP contribution in [0.2, 0.25) is 5.02 Å². The number of methoxy groups -OCH3 is 1. The summed E-state index contributed by atoms with van der Waals surface area (Å²) in [6, 6.07) is 11.1. The Bertz CT molecular complexity index is 1070. The average Bonchev–Trinajstić information content (AvgIpc) is 2.69. The van der Waals surface area contributed by atoms with Gasteiger partial charge in [-0.1, -0.05) is 17.7 Å². The van der Waals surface area contributed by atoms with Crippen LogP contribution in [0.5, 0.6) is 11.5 Å². The average molecular weight is 411 g/mol. The number of hydrogen-bond donors (Lipinski definition) is 1. The van der Waals surface area contributed by atoms with Gasteiger partial charge in [0.1, 0.15) is 24.5 Å². The zero-order valence-electron chi connectivity index (χ0n) is 15.7. The molecule has 0 unspecified atom stereocenters. The first-order chi connectivity index (χ1) is 14.2. The summed E-state index contributed by atoms with van der Waals surface area (Å²) >= 11 is 6.08. The number of likely N-dealkylation sites (tertiary alicyclic amines) is 1. The first-order valence-electron chi connectivity index (χ1n) is 9.04. The number of nitrogens with zero attached hydrogens (tertiary/aromatic N) is 3. The third-order valence-corrected chi connectivity index (χ3v) is 4.79. The quantitative estimate of drug-likeness (QED) is 0.468. The van der Waals surface area contributed by atoms with Crippen molar-refractivity contribution < 1.29 is 14.3 Å². The molecule has 1 N–H and O–H groups in total. The smallest absolute Gasteiger partial charge is 0.162 e. The molecule has 8 heteroatoms. The Morgan fingerprint density at radius 2 is 2.07 bits per heavy atom. The summed E-state index contributed by atoms with van der Waals surface area (Å²) in [5, 5.41) is 4.72. The Morgan fingerprint density at radius 1 is 1.21 bits per heavy atom. The third-order valence-electron chi connectivity index (χ3n) is 4.55. The highest BCUT2D eigenvalue weighted by molar-refractivity contribution is 6.30. The third kappa shape index (κ3) is 4.25. The van der Waals surface area contributed by atoms with Crippen LogP contribution in [-0.2, 0) is 4.79 Å². The first-order valence-corrected chi connectivity index (χ1v) is 9.42. The van der Waals surface area contributed by atoms with E-state index >= 15 is 0 Å². The van der Waals surface area contributed by atoms with E-state index in [1.807, 2.05) is 41.3 Å². The number of carbonyl (C=O) groups is 1. The number of fused-ring (bicyclic) bond motifs is 1. The minimum atomic E-state index is 0.00613. The molecule has 0 radical (unpaired) electrons. The minimum Gasteiger partial charge on any atom is -0.493 e. The second-order valence-corrected chi connectivity index (χ2v) is 6.99. The molecule has 3 aromatic rings. The maximum Gasteiger partial charge on any atom is 0.162 e. The lowest BCUT2D eigenvalue weighted by molar-refractivity contribution is -0.104. The fourth-order valence-corrected chi connectivity index (χ4v) is 3.31. The molecule has 0 saturated carbocycles. The van der Waals surface area contributed by atoms with Gasteiger partial charge in [-0.15, -0.1) is 0 Å². The monoisotopic (exact) mass is 410 g/mol. The van der Waals surface area contributed by atoms with E-state index in [9.17, 15) is 4.79 Å². The maximum absolute atomic E-state index is 10.4. The first kappa shape index (κ1) is 19.0. The van der Waals surface area contributed by atoms with Crippen LogP contribution in [0.15, 0.2) is 55.0 Å². The van der Waals surface area contributed by atoms with Crippen molar-refractivity contribution in [1.29, 1.82) is 0 Å². The van der Waals surface area contributed by atoms with Gasteiger partial charge in [0.25, 0.3) is 0 Å². The molecule has 2 aromatic carbocycles. The van der Waals surface area contributed by atoms with Gasteiger partial charge in [0.15, 0.2) is 11.5 Å². The molecule has 0 atom stereocenters. The number of benzene rings is 2. The highest BCUT2D eigenvalue weighted by atomic mass is 35.5. The standard InChI is InChI=1S/C21H19ClN4O3/c1-28-19-10-18-17(9-20(19)29-16-11-26(12-16)6-3-7-27)21(24-13-23-18)25-15-5-2-4-14(22)8-15/h2-10,13,16H,11-12H2,1H3,(H,23,24,25). The molecule has 1 fully saturated rings. The lowest BCUT2D eigenvalue weighted by atomic mass is 10.1. The van der Waals surface area contributed by atoms with Crippen molar-refractivity contribution in [2.75, 3.05) is 25.5 Å². The van der Waals surface area contributed by atoms with Crippen molar-refractivity contribution in [2.24, 2.45) is 0 Å². The molecule has 1 aliphatic rings. The van der Waals surface area contributed by atoms with Crippen molar-refractivity contribution in [1.82, 2.24) is 14.9 Å². The summed E-state index contributed by atoms with van der Waals surface area (Å²) in [7, 11) is 1.60. The number of carbonyl (C=O) groups excluding carboxylic acids is 1. The number of halogens is 1. The predicted molar refractivity (Wildman–Crippen MR) is 112 cm³/mol. The predicted octanol–water partition coefficient (Wildman–Crippen LogP) is 3.81. The molecule has 7 nitrogen and oxygen atoms in total. The van der Waals surface area contributed by atoms with Gasteiger partial charge in [0.05, 0.1) is 25.7 Å². The van der Waals surface area contributed by atoms with Crippen LogP contribution >= 0.6 is 11.6 Å². The van der Waals surface area contributed by atoms with Crippen LogP contribution in [0, 0.1) is 0 Å². The Hall–Kier alpha value is -3.32. The van der Waals surface area contributed by atoms with Crippen LogP contribution in [0.25, 0.3) is 10.9 Å². The van der Waals surface area contributed by atoms with Gasteiger partial charge in [-0.2, -0.15) is 0 Å². The highest BCUT2D eigenvalue weighted by Crippen LogP contribution is 2.36. The molecular weight excluding hydrogens is 392 g/mol. The van der Waals surface area contributed by atoms with Gasteiger partial charge in [-0.3, -0.25) is 4.79 Å². The molecule has 0 aliphatic carbocycles. The van der Waals surface area contributed by atoms with Crippen LogP contribution in [0.3, 0.4) is 0 Å². The van der Waals surface area contributed by atoms with Gasteiger partial charge >= 0.3 is 0 Å². The summed E-state index contributed by atoms with van der Waals surface area (Å²) in [6.45, 7) is 1.40. The van der Waals surface area contributed by atoms with E-state index in [-0.39, 0.29) is 6.10 Å². The lowest BCUT2D eigenvalue weighted by Gasteiger charge is -2.38. The maximum atomic E-state index is 10.4. The lowest BCUT2D eigenvalue weighted by Crippen LogP contribution is -2.50. The molecule has 0 amide bonds. The minimum absolute atomic E-state index is 0.00613. The molecular formula is C21H19ClN4O3. The van der Waals surface area contributed by atoms with E-state index in [1.54, 1.807) is 13.3 Å². The summed E-state index contributed by atoms with van der Waals surface area (Å²) < 4.78 is 11.6. The van der Waals surface area contributed by atoms with Crippen molar-refractivity contribution in [3.05, 3.63) is 60.0 Å². The van der Waals surface area contributed by atoms with Crippen molar-refractivity contribution in [3.8, 4) is 11.5 Å². The highest BCUT2D eigenvalue weighted by Gasteiger charge is 2.27. The SMILES string of the molecule is COc1cc2ncnc(Nc3cccc(Cl)c3)c2cc1OC1CN(C=CC=O)C1. The number of rotatable bonds is 7. The van der Waals surface area contributed by atoms with Crippen LogP contribution in [-0.4, -0.2) is 47.5 Å². The van der Waals surface area contributed by atoms with Crippen molar-refractivity contribution in [2.45, 2.75) is 6.10 Å². The summed E-state index contributed by atoms with van der Waals surface area (Å²) in [4.78, 5) is 21.1. The Labute approximate surface area is 172 Å². The number of ether oxygens (including phenoxy) is 2. The fraction of sp³-hybridized carbons (Fsp3) is 0.190. The second-order valence-electron chi connectivity index (χ2n) is 6.55. The zero-order valence-corrected chi connectivity index (χ0v) is 16.5. The summed E-state index contributed by atoms with van der Waals surface area (Å²) in [6.07, 6.45) is 5.49. The van der Waals surface area contributed by atoms with Crippen LogP contribution in [0.4, 0.5) is 11.5 Å². The van der Waals surface area contributed by atoms with Gasteiger partial charge in [-0.25, -0.2) is 9.97 Å². The van der Waals surface area contributed by atoms with E-state index in [2.05, 4.69) is 15.3 Å². The van der Waals surface area contributed by atoms with Gasteiger partial charge in [-0.05, 0) is 30.3 Å². The van der Waals surface area contributed by atoms with E-state index in [0.717, 1.165) is 22.9 Å². The number of anilines is 2. The largest absolute Gasteiger partial charge is 0.493 e. The molecule has 1 aromatic heterocycles. The Morgan fingerprint density at radius 3 is 2.83 bits per heavy atom. The number of aromatic nitrogens is 2. The summed E-state index contributed by atoms with van der Waals surface area (Å²) in [5.74, 6) is 1.87. The van der Waals surface area contributed by atoms with Gasteiger partial charge in [0, 0.05) is 28.4 Å². The number of allylic oxidation sites excluding steroid dienone is 1. The van der Waals surface area contributed by atoms with E-state index in [4.69, 9.17) is 21.1 Å². The molecule has 1 saturated heterocycles. The molecule has 2 heterocycles. The summed E-state index contributed by atoms with van der Waals surface area (Å²) in [5.41, 5.74) is 1.56. The number of nitrogens with one attached hydrogen (secondary N) is 1. The Balaban J connectivity index is 1.61. The fourth-order valence-electron chi connectivity index (χ4n) is 3.12. The number of hydrogen-bond acceptors (Lipinski definition) is 7. The zero-order chi connectivity index (χ0) is 20.2. The molecule has 0 bridgehead atoms. The normalized spacial score (nSPS) is 14.1. The van der Waals surface area contributed by atoms with Crippen LogP contribution < -0.4 is 14.8 Å². The van der Waals surface area contributed by atoms with E-state index in [0.29, 0.717) is 35.4 Å². The van der Waals surface area contributed by atoms with Crippen molar-refractivity contribution >= 4 is 40.3 Å². The molecule has 0 spiro atoms. The van der Waals surface area contributed by atoms with Gasteiger partial charge in [0.2, 0.25) is 0 Å². The van der Waals surface area contributed by atoms with Gasteiger partial charge < -0.3 is 19.7 Å². The second kappa shape index (κ2) is 8.36.